The molecule has 1 saturated carbocycles. The van der Waals surface area contributed by atoms with Gasteiger partial charge in [0.25, 0.3) is 5.91 Å². The first-order valence-corrected chi connectivity index (χ1v) is 15.2. The van der Waals surface area contributed by atoms with Crippen LogP contribution in [0.4, 0.5) is 4.79 Å². The highest BCUT2D eigenvalue weighted by molar-refractivity contribution is 7.89. The van der Waals surface area contributed by atoms with Gasteiger partial charge in [-0.05, 0) is 49.1 Å². The maximum absolute atomic E-state index is 13.0. The first-order valence-electron chi connectivity index (χ1n) is 13.5. The molecule has 204 valence electrons. The number of aryl methyl sites for hydroxylation is 1. The fourth-order valence-electron chi connectivity index (χ4n) is 5.25. The predicted octanol–water partition coefficient (Wildman–Crippen LogP) is 3.38. The SMILES string of the molecule is CC(C)COC(=O)NCc1ccc(CCS(=O)(=O)N2CCC3(CC2)N=C(C2CCCCC2)NC3=O)cc1. The van der Waals surface area contributed by atoms with Crippen molar-refractivity contribution < 1.29 is 22.7 Å². The molecule has 2 N–H and O–H groups in total. The number of hydrogen-bond acceptors (Lipinski definition) is 6. The van der Waals surface area contributed by atoms with Crippen LogP contribution < -0.4 is 10.6 Å². The van der Waals surface area contributed by atoms with Crippen LogP contribution in [-0.2, 0) is 32.5 Å². The summed E-state index contributed by atoms with van der Waals surface area (Å²) in [7, 11) is -3.44. The average Bonchev–Trinajstić information content (AvgIpc) is 3.21. The van der Waals surface area contributed by atoms with E-state index in [1.54, 1.807) is 0 Å². The third-order valence-corrected chi connectivity index (χ3v) is 9.46. The van der Waals surface area contributed by atoms with Crippen LogP contribution in [0.1, 0.15) is 69.9 Å². The zero-order chi connectivity index (χ0) is 26.5. The van der Waals surface area contributed by atoms with E-state index in [-0.39, 0.29) is 17.6 Å². The molecular formula is C27H40N4O5S. The molecule has 4 rings (SSSR count). The summed E-state index contributed by atoms with van der Waals surface area (Å²) in [6.45, 7) is 5.31. The molecule has 1 aliphatic carbocycles. The molecule has 0 radical (unpaired) electrons. The average molecular weight is 533 g/mol. The summed E-state index contributed by atoms with van der Waals surface area (Å²) < 4.78 is 32.7. The molecule has 3 aliphatic rings. The number of ether oxygens (including phenoxy) is 1. The van der Waals surface area contributed by atoms with Gasteiger partial charge in [-0.15, -0.1) is 0 Å². The van der Waals surface area contributed by atoms with Gasteiger partial charge in [-0.3, -0.25) is 9.79 Å². The number of carbonyl (C=O) groups excluding carboxylic acids is 2. The highest BCUT2D eigenvalue weighted by Crippen LogP contribution is 2.34. The molecule has 37 heavy (non-hydrogen) atoms. The van der Waals surface area contributed by atoms with Gasteiger partial charge in [-0.1, -0.05) is 57.4 Å². The topological polar surface area (TPSA) is 117 Å². The fraction of sp³-hybridized carbons (Fsp3) is 0.667. The third-order valence-electron chi connectivity index (χ3n) is 7.59. The third kappa shape index (κ3) is 7.10. The molecule has 2 fully saturated rings. The second-order valence-electron chi connectivity index (χ2n) is 10.9. The lowest BCUT2D eigenvalue weighted by Crippen LogP contribution is -2.51. The second-order valence-corrected chi connectivity index (χ2v) is 13.0. The number of benzene rings is 1. The van der Waals surface area contributed by atoms with Crippen LogP contribution in [-0.4, -0.2) is 61.5 Å². The normalized spacial score (nSPS) is 20.6. The molecule has 2 aliphatic heterocycles. The molecule has 9 nitrogen and oxygen atoms in total. The van der Waals surface area contributed by atoms with E-state index in [9.17, 15) is 18.0 Å². The summed E-state index contributed by atoms with van der Waals surface area (Å²) in [4.78, 5) is 29.4. The molecular weight excluding hydrogens is 492 g/mol. The molecule has 0 bridgehead atoms. The van der Waals surface area contributed by atoms with Gasteiger partial charge in [0.05, 0.1) is 12.4 Å². The van der Waals surface area contributed by atoms with Gasteiger partial charge in [0, 0.05) is 25.6 Å². The van der Waals surface area contributed by atoms with Crippen LogP contribution in [0.25, 0.3) is 0 Å². The van der Waals surface area contributed by atoms with Crippen LogP contribution in [0.15, 0.2) is 29.3 Å². The Morgan fingerprint density at radius 2 is 1.78 bits per heavy atom. The Morgan fingerprint density at radius 3 is 2.43 bits per heavy atom. The number of piperidine rings is 1. The lowest BCUT2D eigenvalue weighted by Gasteiger charge is -2.34. The summed E-state index contributed by atoms with van der Waals surface area (Å²) in [6, 6.07) is 7.55. The van der Waals surface area contributed by atoms with Crippen molar-refractivity contribution in [1.82, 2.24) is 14.9 Å². The number of amides is 2. The highest BCUT2D eigenvalue weighted by atomic mass is 32.2. The van der Waals surface area contributed by atoms with Crippen molar-refractivity contribution in [3.63, 3.8) is 0 Å². The maximum atomic E-state index is 13.0. The zero-order valence-electron chi connectivity index (χ0n) is 22.0. The minimum atomic E-state index is -3.44. The molecule has 0 unspecified atom stereocenters. The van der Waals surface area contributed by atoms with Crippen molar-refractivity contribution in [3.05, 3.63) is 35.4 Å². The number of nitrogens with one attached hydrogen (secondary N) is 2. The molecule has 0 atom stereocenters. The molecule has 1 spiro atoms. The van der Waals surface area contributed by atoms with Crippen LogP contribution >= 0.6 is 0 Å². The first kappa shape index (κ1) is 27.6. The van der Waals surface area contributed by atoms with Crippen molar-refractivity contribution in [2.75, 3.05) is 25.4 Å². The maximum Gasteiger partial charge on any atom is 0.407 e. The van der Waals surface area contributed by atoms with Crippen LogP contribution in [0, 0.1) is 11.8 Å². The molecule has 2 amide bonds. The number of aliphatic imine (C=N–C) groups is 1. The lowest BCUT2D eigenvalue weighted by atomic mass is 9.88. The monoisotopic (exact) mass is 532 g/mol. The van der Waals surface area contributed by atoms with Gasteiger partial charge in [-0.2, -0.15) is 0 Å². The van der Waals surface area contributed by atoms with Gasteiger partial charge < -0.3 is 15.4 Å². The van der Waals surface area contributed by atoms with Gasteiger partial charge in [0.2, 0.25) is 10.0 Å². The molecule has 1 saturated heterocycles. The number of nitrogens with zero attached hydrogens (tertiary/aromatic N) is 2. The Hall–Kier alpha value is -2.46. The van der Waals surface area contributed by atoms with E-state index in [2.05, 4.69) is 10.6 Å². The van der Waals surface area contributed by atoms with Gasteiger partial charge >= 0.3 is 6.09 Å². The zero-order valence-corrected chi connectivity index (χ0v) is 22.8. The largest absolute Gasteiger partial charge is 0.449 e. The minimum absolute atomic E-state index is 0.0158. The van der Waals surface area contributed by atoms with Gasteiger partial charge in [-0.25, -0.2) is 17.5 Å². The van der Waals surface area contributed by atoms with Crippen molar-refractivity contribution in [2.45, 2.75) is 77.3 Å². The quantitative estimate of drug-likeness (QED) is 0.506. The van der Waals surface area contributed by atoms with Crippen molar-refractivity contribution in [2.24, 2.45) is 16.8 Å². The van der Waals surface area contributed by atoms with E-state index in [4.69, 9.17) is 9.73 Å². The Labute approximate surface area is 220 Å². The van der Waals surface area contributed by atoms with Gasteiger partial charge in [0.15, 0.2) is 0 Å². The number of rotatable bonds is 9. The van der Waals surface area contributed by atoms with E-state index >= 15 is 0 Å². The van der Waals surface area contributed by atoms with E-state index in [0.29, 0.717) is 51.4 Å². The fourth-order valence-corrected chi connectivity index (χ4v) is 6.74. The molecule has 2 heterocycles. The molecule has 0 aromatic heterocycles. The second kappa shape index (κ2) is 11.9. The summed E-state index contributed by atoms with van der Waals surface area (Å²) in [6.07, 6.45) is 6.53. The van der Waals surface area contributed by atoms with E-state index < -0.39 is 21.7 Å². The van der Waals surface area contributed by atoms with Crippen LogP contribution in [0.3, 0.4) is 0 Å². The summed E-state index contributed by atoms with van der Waals surface area (Å²) in [5, 5.41) is 5.74. The van der Waals surface area contributed by atoms with Crippen LogP contribution in [0.2, 0.25) is 0 Å². The summed E-state index contributed by atoms with van der Waals surface area (Å²) >= 11 is 0. The number of carbonyl (C=O) groups is 2. The van der Waals surface area contributed by atoms with E-state index in [1.165, 1.54) is 23.6 Å². The predicted molar refractivity (Wildman–Crippen MR) is 143 cm³/mol. The number of alkyl carbamates (subject to hydrolysis) is 1. The minimum Gasteiger partial charge on any atom is -0.449 e. The molecule has 1 aromatic rings. The van der Waals surface area contributed by atoms with E-state index in [0.717, 1.165) is 29.8 Å². The lowest BCUT2D eigenvalue weighted by molar-refractivity contribution is -0.125. The molecule has 1 aromatic carbocycles. The van der Waals surface area contributed by atoms with E-state index in [1.807, 2.05) is 38.1 Å². The van der Waals surface area contributed by atoms with Crippen molar-refractivity contribution >= 4 is 27.9 Å². The Bertz CT molecular complexity index is 1090. The molecule has 10 heteroatoms. The summed E-state index contributed by atoms with van der Waals surface area (Å²) in [5.41, 5.74) is 1.03. The smallest absolute Gasteiger partial charge is 0.407 e. The number of hydrogen-bond donors (Lipinski definition) is 2. The van der Waals surface area contributed by atoms with Gasteiger partial charge in [0.1, 0.15) is 11.4 Å². The Morgan fingerprint density at radius 1 is 1.14 bits per heavy atom. The Kier molecular flexibility index (Phi) is 8.90. The Balaban J connectivity index is 1.24. The van der Waals surface area contributed by atoms with Crippen molar-refractivity contribution in [3.8, 4) is 0 Å². The first-order chi connectivity index (χ1) is 17.7. The standard InChI is InChI=1S/C27H40N4O5S/c1-20(2)19-36-26(33)28-18-22-10-8-21(9-11-22)12-17-37(34,35)31-15-13-27(14-16-31)25(32)29-24(30-27)23-6-4-3-5-7-23/h8-11,20,23H,3-7,12-19H2,1-2H3,(H,28,33)(H,29,30,32). The number of amidine groups is 1. The van der Waals surface area contributed by atoms with Crippen molar-refractivity contribution in [1.29, 1.82) is 0 Å². The highest BCUT2D eigenvalue weighted by Gasteiger charge is 2.48. The summed E-state index contributed by atoms with van der Waals surface area (Å²) in [5.74, 6) is 1.39. The number of sulfonamides is 1. The van der Waals surface area contributed by atoms with Crippen LogP contribution in [0.5, 0.6) is 0 Å².